The van der Waals surface area contributed by atoms with Crippen LogP contribution >= 0.6 is 0 Å². The van der Waals surface area contributed by atoms with Gasteiger partial charge >= 0.3 is 0 Å². The number of hydrogen-bond acceptors (Lipinski definition) is 6. The first-order chi connectivity index (χ1) is 14.6. The van der Waals surface area contributed by atoms with Gasteiger partial charge in [-0.1, -0.05) is 6.07 Å². The number of amides is 1. The molecule has 1 amide bonds. The van der Waals surface area contributed by atoms with Gasteiger partial charge < -0.3 is 24.8 Å². The van der Waals surface area contributed by atoms with Crippen LogP contribution in [0.4, 0.5) is 10.1 Å². The first kappa shape index (κ1) is 20.2. The molecule has 30 heavy (non-hydrogen) atoms. The third-order valence-corrected chi connectivity index (χ3v) is 5.20. The Balaban J connectivity index is 1.26. The number of fused-ring (bicyclic) bond motifs is 1. The molecule has 0 radical (unpaired) electrons. The molecule has 0 unspecified atom stereocenters. The molecular weight excluding hydrogens is 389 g/mol. The standard InChI is InChI=1S/C22H24FN3O4/c23-17-6-4-16(5-7-17)22(28)24-8-9-25-10-12-26(13-11-25)19-2-1-3-20-21(19)29-15-18(14-27)30-20/h1-7,15,27H,8-14H2,(H,24,28). The van der Waals surface area contributed by atoms with Crippen molar-refractivity contribution in [1.82, 2.24) is 10.2 Å². The molecular formula is C22H24FN3O4. The van der Waals surface area contributed by atoms with Crippen molar-refractivity contribution in [2.24, 2.45) is 0 Å². The van der Waals surface area contributed by atoms with Crippen LogP contribution in [0.15, 0.2) is 54.5 Å². The van der Waals surface area contributed by atoms with Crippen molar-refractivity contribution in [2.45, 2.75) is 0 Å². The van der Waals surface area contributed by atoms with E-state index in [0.29, 0.717) is 29.4 Å². The highest BCUT2D eigenvalue weighted by atomic mass is 19.1. The van der Waals surface area contributed by atoms with Gasteiger partial charge in [-0.2, -0.15) is 0 Å². The van der Waals surface area contributed by atoms with Crippen LogP contribution in [0.3, 0.4) is 0 Å². The summed E-state index contributed by atoms with van der Waals surface area (Å²) in [7, 11) is 0. The molecule has 2 aliphatic rings. The number of aliphatic hydroxyl groups excluding tert-OH is 1. The second-order valence-corrected chi connectivity index (χ2v) is 7.16. The predicted molar refractivity (Wildman–Crippen MR) is 110 cm³/mol. The maximum atomic E-state index is 13.0. The highest BCUT2D eigenvalue weighted by Gasteiger charge is 2.24. The smallest absolute Gasteiger partial charge is 0.251 e. The minimum Gasteiger partial charge on any atom is -0.455 e. The van der Waals surface area contributed by atoms with Gasteiger partial charge in [0, 0.05) is 44.8 Å². The van der Waals surface area contributed by atoms with E-state index in [1.165, 1.54) is 30.5 Å². The number of benzene rings is 2. The van der Waals surface area contributed by atoms with Crippen molar-refractivity contribution in [3.05, 3.63) is 65.9 Å². The lowest BCUT2D eigenvalue weighted by Crippen LogP contribution is -2.48. The number of ether oxygens (including phenoxy) is 2. The fourth-order valence-corrected chi connectivity index (χ4v) is 3.55. The van der Waals surface area contributed by atoms with Gasteiger partial charge in [0.05, 0.1) is 5.69 Å². The Morgan fingerprint density at radius 1 is 1.10 bits per heavy atom. The van der Waals surface area contributed by atoms with E-state index in [0.717, 1.165) is 38.4 Å². The first-order valence-electron chi connectivity index (χ1n) is 9.92. The lowest BCUT2D eigenvalue weighted by molar-refractivity contribution is 0.0947. The van der Waals surface area contributed by atoms with Crippen LogP contribution in [0.25, 0.3) is 0 Å². The van der Waals surface area contributed by atoms with E-state index in [1.54, 1.807) is 0 Å². The normalized spacial score (nSPS) is 16.2. The topological polar surface area (TPSA) is 74.3 Å². The fraction of sp³-hybridized carbons (Fsp3) is 0.318. The van der Waals surface area contributed by atoms with E-state index in [1.807, 2.05) is 18.2 Å². The number of anilines is 1. The molecule has 2 aromatic rings. The summed E-state index contributed by atoms with van der Waals surface area (Å²) >= 11 is 0. The largest absolute Gasteiger partial charge is 0.455 e. The van der Waals surface area contributed by atoms with Gasteiger partial charge in [-0.15, -0.1) is 0 Å². The van der Waals surface area contributed by atoms with Crippen molar-refractivity contribution < 1.29 is 23.8 Å². The molecule has 4 rings (SSSR count). The molecule has 0 spiro atoms. The van der Waals surface area contributed by atoms with Gasteiger partial charge in [-0.3, -0.25) is 9.69 Å². The molecule has 8 heteroatoms. The van der Waals surface area contributed by atoms with Gasteiger partial charge in [0.2, 0.25) is 0 Å². The number of hydrogen-bond donors (Lipinski definition) is 2. The second kappa shape index (κ2) is 9.15. The monoisotopic (exact) mass is 413 g/mol. The summed E-state index contributed by atoms with van der Waals surface area (Å²) < 4.78 is 24.3. The molecule has 0 atom stereocenters. The molecule has 2 N–H and O–H groups in total. The number of carbonyl (C=O) groups excluding carboxylic acids is 1. The minimum absolute atomic E-state index is 0.197. The summed E-state index contributed by atoms with van der Waals surface area (Å²) in [6, 6.07) is 11.3. The van der Waals surface area contributed by atoms with Crippen LogP contribution in [0, 0.1) is 5.82 Å². The van der Waals surface area contributed by atoms with E-state index < -0.39 is 0 Å². The van der Waals surface area contributed by atoms with Gasteiger partial charge in [-0.25, -0.2) is 4.39 Å². The Morgan fingerprint density at radius 2 is 1.87 bits per heavy atom. The summed E-state index contributed by atoms with van der Waals surface area (Å²) in [6.07, 6.45) is 1.44. The third-order valence-electron chi connectivity index (χ3n) is 5.20. The van der Waals surface area contributed by atoms with Crippen LogP contribution in [0.2, 0.25) is 0 Å². The maximum Gasteiger partial charge on any atom is 0.251 e. The molecule has 0 aliphatic carbocycles. The molecule has 2 heterocycles. The zero-order chi connectivity index (χ0) is 20.9. The Kier molecular flexibility index (Phi) is 6.15. The molecule has 0 saturated carbocycles. The molecule has 0 bridgehead atoms. The highest BCUT2D eigenvalue weighted by Crippen LogP contribution is 2.41. The molecule has 0 aromatic heterocycles. The van der Waals surface area contributed by atoms with E-state index >= 15 is 0 Å². The fourth-order valence-electron chi connectivity index (χ4n) is 3.55. The summed E-state index contributed by atoms with van der Waals surface area (Å²) in [5.74, 6) is 1.09. The SMILES string of the molecule is O=C(NCCN1CCN(c2cccc3c2OC=C(CO)O3)CC1)c1ccc(F)cc1. The van der Waals surface area contributed by atoms with Crippen molar-refractivity contribution >= 4 is 11.6 Å². The number of para-hydroxylation sites is 1. The Hall–Kier alpha value is -3.10. The van der Waals surface area contributed by atoms with Crippen LogP contribution in [0.5, 0.6) is 11.5 Å². The van der Waals surface area contributed by atoms with E-state index in [2.05, 4.69) is 15.1 Å². The van der Waals surface area contributed by atoms with Crippen LogP contribution < -0.4 is 19.7 Å². The van der Waals surface area contributed by atoms with Crippen molar-refractivity contribution in [3.8, 4) is 11.5 Å². The summed E-state index contributed by atoms with van der Waals surface area (Å²) in [5, 5.41) is 12.1. The predicted octanol–water partition coefficient (Wildman–Crippen LogP) is 1.98. The average molecular weight is 413 g/mol. The minimum atomic E-state index is -0.356. The lowest BCUT2D eigenvalue weighted by atomic mass is 10.2. The molecule has 1 saturated heterocycles. The number of aliphatic hydroxyl groups is 1. The average Bonchev–Trinajstić information content (AvgIpc) is 2.79. The van der Waals surface area contributed by atoms with Crippen LogP contribution in [-0.4, -0.2) is 61.8 Å². The van der Waals surface area contributed by atoms with Crippen molar-refractivity contribution in [1.29, 1.82) is 0 Å². The Labute approximate surface area is 174 Å². The Bertz CT molecular complexity index is 924. The Morgan fingerprint density at radius 3 is 2.60 bits per heavy atom. The number of carbonyl (C=O) groups is 1. The molecule has 7 nitrogen and oxygen atoms in total. The van der Waals surface area contributed by atoms with E-state index in [-0.39, 0.29) is 18.3 Å². The number of nitrogens with zero attached hydrogens (tertiary/aromatic N) is 2. The number of nitrogens with one attached hydrogen (secondary N) is 1. The first-order valence-corrected chi connectivity index (χ1v) is 9.92. The van der Waals surface area contributed by atoms with Crippen molar-refractivity contribution in [2.75, 3.05) is 50.8 Å². The van der Waals surface area contributed by atoms with Crippen LogP contribution in [0.1, 0.15) is 10.4 Å². The van der Waals surface area contributed by atoms with Gasteiger partial charge in [-0.05, 0) is 36.4 Å². The van der Waals surface area contributed by atoms with Gasteiger partial charge in [0.1, 0.15) is 18.7 Å². The number of piperazine rings is 1. The quantitative estimate of drug-likeness (QED) is 0.755. The van der Waals surface area contributed by atoms with E-state index in [9.17, 15) is 14.3 Å². The highest BCUT2D eigenvalue weighted by molar-refractivity contribution is 5.94. The third kappa shape index (κ3) is 4.55. The second-order valence-electron chi connectivity index (χ2n) is 7.16. The van der Waals surface area contributed by atoms with Crippen molar-refractivity contribution in [3.63, 3.8) is 0 Å². The lowest BCUT2D eigenvalue weighted by Gasteiger charge is -2.37. The van der Waals surface area contributed by atoms with Crippen LogP contribution in [-0.2, 0) is 0 Å². The molecule has 158 valence electrons. The molecule has 2 aromatic carbocycles. The number of rotatable bonds is 6. The van der Waals surface area contributed by atoms with Gasteiger partial charge in [0.25, 0.3) is 5.91 Å². The number of halogens is 1. The maximum absolute atomic E-state index is 13.0. The van der Waals surface area contributed by atoms with Gasteiger partial charge in [0.15, 0.2) is 17.3 Å². The van der Waals surface area contributed by atoms with E-state index in [4.69, 9.17) is 9.47 Å². The summed E-state index contributed by atoms with van der Waals surface area (Å²) in [4.78, 5) is 16.6. The summed E-state index contributed by atoms with van der Waals surface area (Å²) in [5.41, 5.74) is 1.42. The molecule has 2 aliphatic heterocycles. The summed E-state index contributed by atoms with van der Waals surface area (Å²) in [6.45, 7) is 4.42. The zero-order valence-electron chi connectivity index (χ0n) is 16.5. The molecule has 1 fully saturated rings. The zero-order valence-corrected chi connectivity index (χ0v) is 16.5.